The molecule has 7 nitrogen and oxygen atoms in total. The Morgan fingerprint density at radius 2 is 2.44 bits per heavy atom. The second-order valence-electron chi connectivity index (χ2n) is 3.99. The Kier molecular flexibility index (Phi) is 3.61. The van der Waals surface area contributed by atoms with Crippen molar-refractivity contribution in [3.05, 3.63) is 22.7 Å². The third-order valence-electron chi connectivity index (χ3n) is 2.88. The van der Waals surface area contributed by atoms with Crippen LogP contribution in [0.1, 0.15) is 6.92 Å². The number of carbonyl (C=O) groups is 1. The van der Waals surface area contributed by atoms with Gasteiger partial charge in [0.05, 0.1) is 13.2 Å². The van der Waals surface area contributed by atoms with E-state index in [1.807, 2.05) is 6.92 Å². The average molecular weight is 253 g/mol. The smallest absolute Gasteiger partial charge is 0.334 e. The molecule has 0 aliphatic carbocycles. The third-order valence-corrected chi connectivity index (χ3v) is 2.88. The maximum Gasteiger partial charge on any atom is 0.334 e. The molecule has 2 heterocycles. The summed E-state index contributed by atoms with van der Waals surface area (Å²) >= 11 is 0. The summed E-state index contributed by atoms with van der Waals surface area (Å²) in [6.07, 6.45) is 2.25. The second kappa shape index (κ2) is 5.18. The first-order chi connectivity index (χ1) is 8.63. The lowest BCUT2D eigenvalue weighted by Gasteiger charge is -2.31. The number of aliphatic carboxylic acids is 1. The summed E-state index contributed by atoms with van der Waals surface area (Å²) < 4.78 is 6.65. The van der Waals surface area contributed by atoms with E-state index in [4.69, 9.17) is 9.84 Å². The molecule has 2 rings (SSSR count). The first-order valence-electron chi connectivity index (χ1n) is 5.78. The number of ether oxygens (including phenoxy) is 1. The van der Waals surface area contributed by atoms with Crippen LogP contribution < -0.4 is 10.5 Å². The Bertz CT molecular complexity index is 499. The maximum absolute atomic E-state index is 12.0. The molecule has 1 aliphatic heterocycles. The quantitative estimate of drug-likeness (QED) is 0.785. The molecule has 7 heteroatoms. The molecule has 1 N–H and O–H groups in total. The molecule has 0 amide bonds. The lowest BCUT2D eigenvalue weighted by molar-refractivity contribution is -0.150. The zero-order valence-electron chi connectivity index (χ0n) is 10.1. The molecule has 18 heavy (non-hydrogen) atoms. The van der Waals surface area contributed by atoms with Crippen LogP contribution in [0.2, 0.25) is 0 Å². The molecule has 1 aliphatic rings. The summed E-state index contributed by atoms with van der Waals surface area (Å²) in [6.45, 7) is 3.32. The summed E-state index contributed by atoms with van der Waals surface area (Å²) in [6, 6.07) is 0. The second-order valence-corrected chi connectivity index (χ2v) is 3.99. The van der Waals surface area contributed by atoms with E-state index in [0.717, 1.165) is 0 Å². The van der Waals surface area contributed by atoms with Crippen molar-refractivity contribution in [1.82, 2.24) is 9.55 Å². The minimum absolute atomic E-state index is 0.144. The van der Waals surface area contributed by atoms with Gasteiger partial charge in [0.1, 0.15) is 0 Å². The van der Waals surface area contributed by atoms with Gasteiger partial charge in [0.15, 0.2) is 11.9 Å². The van der Waals surface area contributed by atoms with Gasteiger partial charge in [-0.1, -0.05) is 0 Å². The Morgan fingerprint density at radius 1 is 1.67 bits per heavy atom. The van der Waals surface area contributed by atoms with Gasteiger partial charge in [-0.2, -0.15) is 0 Å². The van der Waals surface area contributed by atoms with Gasteiger partial charge in [-0.05, 0) is 6.92 Å². The van der Waals surface area contributed by atoms with Crippen LogP contribution in [0.5, 0.6) is 0 Å². The lowest BCUT2D eigenvalue weighted by Crippen LogP contribution is -2.48. The number of rotatable bonds is 3. The van der Waals surface area contributed by atoms with Crippen molar-refractivity contribution in [1.29, 1.82) is 0 Å². The van der Waals surface area contributed by atoms with E-state index < -0.39 is 12.1 Å². The molecule has 1 fully saturated rings. The van der Waals surface area contributed by atoms with Crippen molar-refractivity contribution < 1.29 is 14.6 Å². The number of nitrogens with zero attached hydrogens (tertiary/aromatic N) is 3. The molecule has 0 saturated carbocycles. The number of carboxylic acid groups (broad SMARTS) is 1. The van der Waals surface area contributed by atoms with E-state index >= 15 is 0 Å². The van der Waals surface area contributed by atoms with Gasteiger partial charge in [-0.25, -0.2) is 9.78 Å². The molecule has 1 unspecified atom stereocenters. The van der Waals surface area contributed by atoms with Crippen LogP contribution in [0.3, 0.4) is 0 Å². The fraction of sp³-hybridized carbons (Fsp3) is 0.545. The Morgan fingerprint density at radius 3 is 3.11 bits per heavy atom. The highest BCUT2D eigenvalue weighted by Crippen LogP contribution is 2.11. The van der Waals surface area contributed by atoms with Crippen LogP contribution in [0, 0.1) is 0 Å². The molecule has 0 aromatic carbocycles. The molecule has 1 atom stereocenters. The predicted molar refractivity (Wildman–Crippen MR) is 63.8 cm³/mol. The monoisotopic (exact) mass is 253 g/mol. The van der Waals surface area contributed by atoms with Crippen molar-refractivity contribution in [3.8, 4) is 0 Å². The number of morpholine rings is 1. The van der Waals surface area contributed by atoms with Crippen LogP contribution in [-0.4, -0.2) is 46.4 Å². The van der Waals surface area contributed by atoms with Crippen LogP contribution in [0.15, 0.2) is 17.2 Å². The zero-order chi connectivity index (χ0) is 13.1. The van der Waals surface area contributed by atoms with Gasteiger partial charge >= 0.3 is 5.97 Å². The molecule has 1 saturated heterocycles. The van der Waals surface area contributed by atoms with E-state index in [1.54, 1.807) is 17.3 Å². The normalized spacial score (nSPS) is 19.8. The maximum atomic E-state index is 12.0. The molecule has 98 valence electrons. The largest absolute Gasteiger partial charge is 0.479 e. The fourth-order valence-electron chi connectivity index (χ4n) is 1.89. The average Bonchev–Trinajstić information content (AvgIpc) is 2.39. The summed E-state index contributed by atoms with van der Waals surface area (Å²) in [5.74, 6) is -0.736. The number of aryl methyl sites for hydroxylation is 1. The van der Waals surface area contributed by atoms with Gasteiger partial charge in [0.25, 0.3) is 5.56 Å². The van der Waals surface area contributed by atoms with E-state index in [1.165, 1.54) is 4.57 Å². The van der Waals surface area contributed by atoms with E-state index in [9.17, 15) is 9.59 Å². The zero-order valence-corrected chi connectivity index (χ0v) is 10.1. The van der Waals surface area contributed by atoms with Crippen molar-refractivity contribution in [2.24, 2.45) is 0 Å². The predicted octanol–water partition coefficient (Wildman–Crippen LogP) is -0.447. The molecule has 0 bridgehead atoms. The summed E-state index contributed by atoms with van der Waals surface area (Å²) in [4.78, 5) is 28.6. The summed E-state index contributed by atoms with van der Waals surface area (Å²) in [7, 11) is 0. The van der Waals surface area contributed by atoms with Crippen molar-refractivity contribution in [2.75, 3.05) is 24.6 Å². The number of aromatic nitrogens is 2. The number of carboxylic acids is 1. The highest BCUT2D eigenvalue weighted by Gasteiger charge is 2.28. The van der Waals surface area contributed by atoms with Crippen molar-refractivity contribution in [2.45, 2.75) is 19.6 Å². The van der Waals surface area contributed by atoms with Crippen LogP contribution in [0.25, 0.3) is 0 Å². The first-order valence-corrected chi connectivity index (χ1v) is 5.78. The van der Waals surface area contributed by atoms with Gasteiger partial charge in [0, 0.05) is 25.5 Å². The Balaban J connectivity index is 2.26. The fourth-order valence-corrected chi connectivity index (χ4v) is 1.89. The Labute approximate surface area is 104 Å². The minimum atomic E-state index is -1.02. The third kappa shape index (κ3) is 2.35. The van der Waals surface area contributed by atoms with Crippen molar-refractivity contribution >= 4 is 11.8 Å². The highest BCUT2D eigenvalue weighted by molar-refractivity contribution is 5.73. The van der Waals surface area contributed by atoms with Gasteiger partial charge in [-0.3, -0.25) is 4.79 Å². The molecular formula is C11H15N3O4. The van der Waals surface area contributed by atoms with E-state index in [-0.39, 0.29) is 24.5 Å². The molecule has 1 aromatic heterocycles. The first kappa shape index (κ1) is 12.6. The molecule has 1 aromatic rings. The Hall–Kier alpha value is -1.89. The van der Waals surface area contributed by atoms with E-state index in [2.05, 4.69) is 4.98 Å². The standard InChI is InChI=1S/C11H15N3O4/c1-2-13-4-3-12-9(10(13)15)14-5-6-18-8(7-14)11(16)17/h3-4,8H,2,5-7H2,1H3,(H,16,17). The molecule has 0 radical (unpaired) electrons. The summed E-state index contributed by atoms with van der Waals surface area (Å²) in [5, 5.41) is 8.92. The molecule has 0 spiro atoms. The number of anilines is 1. The lowest BCUT2D eigenvalue weighted by atomic mass is 10.3. The highest BCUT2D eigenvalue weighted by atomic mass is 16.5. The van der Waals surface area contributed by atoms with Crippen LogP contribution >= 0.6 is 0 Å². The molecular weight excluding hydrogens is 238 g/mol. The van der Waals surface area contributed by atoms with Gasteiger partial charge in [0.2, 0.25) is 0 Å². The minimum Gasteiger partial charge on any atom is -0.479 e. The number of hydrogen-bond donors (Lipinski definition) is 1. The van der Waals surface area contributed by atoms with E-state index in [0.29, 0.717) is 13.1 Å². The topological polar surface area (TPSA) is 84.7 Å². The summed E-state index contributed by atoms with van der Waals surface area (Å²) in [5.41, 5.74) is -0.203. The van der Waals surface area contributed by atoms with Gasteiger partial charge in [-0.15, -0.1) is 0 Å². The van der Waals surface area contributed by atoms with Gasteiger partial charge < -0.3 is 19.3 Å². The van der Waals surface area contributed by atoms with Crippen molar-refractivity contribution in [3.63, 3.8) is 0 Å². The van der Waals surface area contributed by atoms with Crippen LogP contribution in [-0.2, 0) is 16.1 Å². The SMILES string of the molecule is CCn1ccnc(N2CCOC(C(=O)O)C2)c1=O. The number of hydrogen-bond acceptors (Lipinski definition) is 5. The van der Waals surface area contributed by atoms with Crippen LogP contribution in [0.4, 0.5) is 5.82 Å².